The molecule has 0 spiro atoms. The molecule has 0 aliphatic carbocycles. The number of fused-ring (bicyclic) bond motifs is 3. The maximum absolute atomic E-state index is 12.2. The standard InChI is InChI=1S/C17H12N2O2S/c20-16(11-6-2-1-3-7-11)19-17-18-15-12-8-4-5-9-13(12)21-10-14(15)22-17/h1-9H,10H2,(H,18,19,20). The number of nitrogens with zero attached hydrogens (tertiary/aromatic N) is 1. The van der Waals surface area contributed by atoms with E-state index in [9.17, 15) is 4.79 Å². The van der Waals surface area contributed by atoms with Gasteiger partial charge in [0.15, 0.2) is 5.13 Å². The zero-order valence-electron chi connectivity index (χ0n) is 11.6. The molecule has 1 amide bonds. The third-order valence-electron chi connectivity index (χ3n) is 3.45. The van der Waals surface area contributed by atoms with Crippen molar-refractivity contribution in [2.75, 3.05) is 5.32 Å². The molecular formula is C17H12N2O2S. The molecular weight excluding hydrogens is 296 g/mol. The van der Waals surface area contributed by atoms with Crippen molar-refractivity contribution >= 4 is 22.4 Å². The van der Waals surface area contributed by atoms with Crippen LogP contribution in [0.5, 0.6) is 5.75 Å². The summed E-state index contributed by atoms with van der Waals surface area (Å²) >= 11 is 1.45. The molecule has 4 nitrogen and oxygen atoms in total. The van der Waals surface area contributed by atoms with Crippen molar-refractivity contribution in [3.05, 3.63) is 65.0 Å². The van der Waals surface area contributed by atoms with Gasteiger partial charge in [0.25, 0.3) is 5.91 Å². The fourth-order valence-corrected chi connectivity index (χ4v) is 3.29. The molecule has 0 saturated heterocycles. The lowest BCUT2D eigenvalue weighted by atomic mass is 10.1. The molecule has 0 radical (unpaired) electrons. The Hall–Kier alpha value is -2.66. The number of benzene rings is 2. The van der Waals surface area contributed by atoms with Crippen molar-refractivity contribution < 1.29 is 9.53 Å². The summed E-state index contributed by atoms with van der Waals surface area (Å²) in [6.45, 7) is 0.491. The van der Waals surface area contributed by atoms with Crippen LogP contribution in [-0.2, 0) is 6.61 Å². The van der Waals surface area contributed by atoms with Crippen LogP contribution >= 0.6 is 11.3 Å². The lowest BCUT2D eigenvalue weighted by Crippen LogP contribution is -2.11. The monoisotopic (exact) mass is 308 g/mol. The molecule has 1 aromatic heterocycles. The molecule has 0 fully saturated rings. The zero-order valence-corrected chi connectivity index (χ0v) is 12.4. The van der Waals surface area contributed by atoms with Gasteiger partial charge in [0.05, 0.1) is 10.6 Å². The summed E-state index contributed by atoms with van der Waals surface area (Å²) in [6.07, 6.45) is 0. The summed E-state index contributed by atoms with van der Waals surface area (Å²) in [4.78, 5) is 17.8. The van der Waals surface area contributed by atoms with E-state index in [1.807, 2.05) is 42.5 Å². The third kappa shape index (κ3) is 2.25. The minimum Gasteiger partial charge on any atom is -0.487 e. The van der Waals surface area contributed by atoms with Gasteiger partial charge in [-0.05, 0) is 24.3 Å². The minimum absolute atomic E-state index is 0.152. The summed E-state index contributed by atoms with van der Waals surface area (Å²) in [6, 6.07) is 16.9. The van der Waals surface area contributed by atoms with Gasteiger partial charge in [-0.25, -0.2) is 4.98 Å². The van der Waals surface area contributed by atoms with Gasteiger partial charge in [-0.3, -0.25) is 10.1 Å². The Labute approximate surface area is 131 Å². The number of carbonyl (C=O) groups is 1. The van der Waals surface area contributed by atoms with Gasteiger partial charge < -0.3 is 4.74 Å². The fraction of sp³-hybridized carbons (Fsp3) is 0.0588. The van der Waals surface area contributed by atoms with Gasteiger partial charge in [-0.1, -0.05) is 41.7 Å². The number of rotatable bonds is 2. The highest BCUT2D eigenvalue weighted by atomic mass is 32.1. The molecule has 0 atom stereocenters. The number of aromatic nitrogens is 1. The molecule has 22 heavy (non-hydrogen) atoms. The van der Waals surface area contributed by atoms with Gasteiger partial charge in [0, 0.05) is 11.1 Å². The number of para-hydroxylation sites is 1. The van der Waals surface area contributed by atoms with Gasteiger partial charge in [-0.15, -0.1) is 0 Å². The number of amides is 1. The van der Waals surface area contributed by atoms with Crippen LogP contribution in [0, 0.1) is 0 Å². The molecule has 0 bridgehead atoms. The Kier molecular flexibility index (Phi) is 3.12. The Bertz CT molecular complexity index is 843. The van der Waals surface area contributed by atoms with Crippen LogP contribution in [0.1, 0.15) is 15.2 Å². The number of nitrogens with one attached hydrogen (secondary N) is 1. The van der Waals surface area contributed by atoms with Crippen LogP contribution in [0.2, 0.25) is 0 Å². The van der Waals surface area contributed by atoms with Crippen molar-refractivity contribution in [2.45, 2.75) is 6.61 Å². The molecule has 5 heteroatoms. The fourth-order valence-electron chi connectivity index (χ4n) is 2.40. The van der Waals surface area contributed by atoms with E-state index in [0.29, 0.717) is 17.3 Å². The molecule has 0 saturated carbocycles. The van der Waals surface area contributed by atoms with Crippen molar-refractivity contribution in [1.29, 1.82) is 0 Å². The van der Waals surface area contributed by atoms with Gasteiger partial charge in [0.1, 0.15) is 12.4 Å². The first kappa shape index (κ1) is 13.0. The van der Waals surface area contributed by atoms with Gasteiger partial charge in [-0.2, -0.15) is 0 Å². The number of anilines is 1. The summed E-state index contributed by atoms with van der Waals surface area (Å²) < 4.78 is 5.71. The van der Waals surface area contributed by atoms with Crippen LogP contribution in [-0.4, -0.2) is 10.9 Å². The third-order valence-corrected chi connectivity index (χ3v) is 4.40. The molecule has 2 aromatic carbocycles. The Morgan fingerprint density at radius 2 is 1.86 bits per heavy atom. The largest absolute Gasteiger partial charge is 0.487 e. The normalized spacial score (nSPS) is 12.0. The van der Waals surface area contributed by atoms with Crippen LogP contribution in [0.3, 0.4) is 0 Å². The van der Waals surface area contributed by atoms with Gasteiger partial charge >= 0.3 is 0 Å². The van der Waals surface area contributed by atoms with Crippen molar-refractivity contribution in [3.8, 4) is 17.0 Å². The summed E-state index contributed by atoms with van der Waals surface area (Å²) in [5.74, 6) is 0.683. The summed E-state index contributed by atoms with van der Waals surface area (Å²) in [5.41, 5.74) is 2.49. The molecule has 0 unspecified atom stereocenters. The topological polar surface area (TPSA) is 51.2 Å². The van der Waals surface area contributed by atoms with Crippen LogP contribution < -0.4 is 10.1 Å². The Morgan fingerprint density at radius 1 is 1.09 bits per heavy atom. The predicted molar refractivity (Wildman–Crippen MR) is 86.3 cm³/mol. The quantitative estimate of drug-likeness (QED) is 0.779. The second kappa shape index (κ2) is 5.27. The van der Waals surface area contributed by atoms with Crippen molar-refractivity contribution in [2.24, 2.45) is 0 Å². The van der Waals surface area contributed by atoms with E-state index in [4.69, 9.17) is 4.74 Å². The molecule has 1 aliphatic rings. The number of hydrogen-bond donors (Lipinski definition) is 1. The Morgan fingerprint density at radius 3 is 2.73 bits per heavy atom. The summed E-state index contributed by atoms with van der Waals surface area (Å²) in [7, 11) is 0. The smallest absolute Gasteiger partial charge is 0.257 e. The lowest BCUT2D eigenvalue weighted by Gasteiger charge is -2.15. The van der Waals surface area contributed by atoms with Crippen molar-refractivity contribution in [1.82, 2.24) is 4.98 Å². The molecule has 3 aromatic rings. The molecule has 1 aliphatic heterocycles. The first-order valence-electron chi connectivity index (χ1n) is 6.89. The molecule has 108 valence electrons. The molecule has 1 N–H and O–H groups in total. The van der Waals surface area contributed by atoms with Crippen LogP contribution in [0.4, 0.5) is 5.13 Å². The minimum atomic E-state index is -0.152. The predicted octanol–water partition coefficient (Wildman–Crippen LogP) is 3.95. The maximum Gasteiger partial charge on any atom is 0.257 e. The molecule has 2 heterocycles. The highest BCUT2D eigenvalue weighted by Gasteiger charge is 2.22. The number of carbonyl (C=O) groups excluding carboxylic acids is 1. The van der Waals surface area contributed by atoms with Crippen LogP contribution in [0.15, 0.2) is 54.6 Å². The maximum atomic E-state index is 12.2. The molecule has 4 rings (SSSR count). The number of thiazole rings is 1. The highest BCUT2D eigenvalue weighted by Crippen LogP contribution is 2.40. The van der Waals surface area contributed by atoms with Gasteiger partial charge in [0.2, 0.25) is 0 Å². The van der Waals surface area contributed by atoms with E-state index < -0.39 is 0 Å². The van der Waals surface area contributed by atoms with E-state index in [2.05, 4.69) is 10.3 Å². The van der Waals surface area contributed by atoms with E-state index >= 15 is 0 Å². The van der Waals surface area contributed by atoms with E-state index in [-0.39, 0.29) is 5.91 Å². The average molecular weight is 308 g/mol. The number of hydrogen-bond acceptors (Lipinski definition) is 4. The number of ether oxygens (including phenoxy) is 1. The lowest BCUT2D eigenvalue weighted by molar-refractivity contribution is 0.102. The Balaban J connectivity index is 1.64. The van der Waals surface area contributed by atoms with Crippen molar-refractivity contribution in [3.63, 3.8) is 0 Å². The highest BCUT2D eigenvalue weighted by molar-refractivity contribution is 7.16. The first-order valence-corrected chi connectivity index (χ1v) is 7.71. The summed E-state index contributed by atoms with van der Waals surface area (Å²) in [5, 5.41) is 3.46. The van der Waals surface area contributed by atoms with Crippen LogP contribution in [0.25, 0.3) is 11.3 Å². The first-order chi connectivity index (χ1) is 10.8. The SMILES string of the molecule is O=C(Nc1nc2c(s1)COc1ccccc1-2)c1ccccc1. The van der Waals surface area contributed by atoms with E-state index in [0.717, 1.165) is 21.9 Å². The van der Waals surface area contributed by atoms with E-state index in [1.165, 1.54) is 11.3 Å². The zero-order chi connectivity index (χ0) is 14.9. The van der Waals surface area contributed by atoms with E-state index in [1.54, 1.807) is 12.1 Å². The average Bonchev–Trinajstić information content (AvgIpc) is 2.98. The second-order valence-corrected chi connectivity index (χ2v) is 5.98. The second-order valence-electron chi connectivity index (χ2n) is 4.90.